The van der Waals surface area contributed by atoms with Crippen LogP contribution < -0.4 is 5.32 Å². The van der Waals surface area contributed by atoms with Gasteiger partial charge in [0.25, 0.3) is 0 Å². The molecule has 2 fully saturated rings. The number of rotatable bonds is 3. The molecule has 17 heavy (non-hydrogen) atoms. The van der Waals surface area contributed by atoms with E-state index in [-0.39, 0.29) is 5.78 Å². The van der Waals surface area contributed by atoms with E-state index in [0.717, 1.165) is 12.8 Å². The third kappa shape index (κ3) is 2.39. The van der Waals surface area contributed by atoms with Gasteiger partial charge in [-0.25, -0.2) is 0 Å². The van der Waals surface area contributed by atoms with E-state index in [0.29, 0.717) is 30.1 Å². The van der Waals surface area contributed by atoms with Gasteiger partial charge in [-0.1, -0.05) is 6.07 Å². The van der Waals surface area contributed by atoms with Gasteiger partial charge in [0, 0.05) is 24.7 Å². The van der Waals surface area contributed by atoms with E-state index in [1.807, 2.05) is 18.2 Å². The van der Waals surface area contributed by atoms with Crippen LogP contribution in [0, 0.1) is 5.92 Å². The van der Waals surface area contributed by atoms with Gasteiger partial charge in [-0.3, -0.25) is 9.78 Å². The maximum absolute atomic E-state index is 12.1. The molecule has 3 nitrogen and oxygen atoms in total. The average Bonchev–Trinajstić information content (AvgIpc) is 2.70. The highest BCUT2D eigenvalue weighted by Crippen LogP contribution is 2.33. The van der Waals surface area contributed by atoms with Gasteiger partial charge in [0.1, 0.15) is 5.69 Å². The molecule has 2 aliphatic heterocycles. The van der Waals surface area contributed by atoms with Crippen LogP contribution in [0.15, 0.2) is 24.4 Å². The number of pyridine rings is 1. The average molecular weight is 230 g/mol. The molecule has 90 valence electrons. The first kappa shape index (κ1) is 10.9. The number of Topliss-reactive ketones (excluding diaryl/α,β-unsaturated/α-hetero) is 1. The predicted octanol–water partition coefficient (Wildman–Crippen LogP) is 2.18. The molecule has 0 spiro atoms. The van der Waals surface area contributed by atoms with Crippen LogP contribution in [0.3, 0.4) is 0 Å². The number of hydrogen-bond acceptors (Lipinski definition) is 3. The fraction of sp³-hybridized carbons (Fsp3) is 0.571. The molecule has 1 N–H and O–H groups in total. The molecule has 1 aromatic rings. The van der Waals surface area contributed by atoms with E-state index in [4.69, 9.17) is 0 Å². The summed E-state index contributed by atoms with van der Waals surface area (Å²) in [6.07, 6.45) is 7.27. The maximum atomic E-state index is 12.1. The van der Waals surface area contributed by atoms with Gasteiger partial charge in [0.2, 0.25) is 0 Å². The lowest BCUT2D eigenvalue weighted by atomic mass is 9.87. The number of nitrogens with zero attached hydrogens (tertiary/aromatic N) is 1. The Morgan fingerprint density at radius 3 is 2.71 bits per heavy atom. The second kappa shape index (κ2) is 4.57. The van der Waals surface area contributed by atoms with Crippen molar-refractivity contribution in [2.24, 2.45) is 5.92 Å². The highest BCUT2D eigenvalue weighted by Gasteiger charge is 2.34. The minimum absolute atomic E-state index is 0.205. The van der Waals surface area contributed by atoms with Gasteiger partial charge < -0.3 is 5.32 Å². The van der Waals surface area contributed by atoms with Crippen LogP contribution in [0.2, 0.25) is 0 Å². The van der Waals surface area contributed by atoms with E-state index in [1.165, 1.54) is 12.8 Å². The molecule has 1 unspecified atom stereocenters. The zero-order valence-electron chi connectivity index (χ0n) is 9.93. The summed E-state index contributed by atoms with van der Waals surface area (Å²) < 4.78 is 0. The zero-order chi connectivity index (χ0) is 11.7. The predicted molar refractivity (Wildman–Crippen MR) is 65.9 cm³/mol. The second-order valence-corrected chi connectivity index (χ2v) is 5.32. The van der Waals surface area contributed by atoms with Crippen LogP contribution in [-0.4, -0.2) is 22.9 Å². The summed E-state index contributed by atoms with van der Waals surface area (Å²) >= 11 is 0. The lowest BCUT2D eigenvalue weighted by Gasteiger charge is -2.28. The van der Waals surface area contributed by atoms with Crippen molar-refractivity contribution in [2.45, 2.75) is 44.2 Å². The van der Waals surface area contributed by atoms with Gasteiger partial charge in [-0.15, -0.1) is 0 Å². The molecule has 0 amide bonds. The summed E-state index contributed by atoms with van der Waals surface area (Å²) in [5.41, 5.74) is 0.623. The van der Waals surface area contributed by atoms with E-state index < -0.39 is 0 Å². The molecule has 1 aromatic heterocycles. The molecule has 3 atom stereocenters. The Morgan fingerprint density at radius 2 is 2.06 bits per heavy atom. The third-order valence-electron chi connectivity index (χ3n) is 4.00. The Kier molecular flexibility index (Phi) is 2.93. The first-order valence-corrected chi connectivity index (χ1v) is 6.51. The Hall–Kier alpha value is -1.22. The normalized spacial score (nSPS) is 31.4. The molecular formula is C14H18N2O. The van der Waals surface area contributed by atoms with Crippen molar-refractivity contribution in [2.75, 3.05) is 0 Å². The van der Waals surface area contributed by atoms with Gasteiger partial charge in [0.15, 0.2) is 5.78 Å². The number of nitrogens with one attached hydrogen (secondary N) is 1. The van der Waals surface area contributed by atoms with Crippen molar-refractivity contribution >= 4 is 5.78 Å². The van der Waals surface area contributed by atoms with Crippen molar-refractivity contribution in [3.8, 4) is 0 Å². The van der Waals surface area contributed by atoms with Gasteiger partial charge >= 0.3 is 0 Å². The summed E-state index contributed by atoms with van der Waals surface area (Å²) in [6.45, 7) is 0. The van der Waals surface area contributed by atoms with Gasteiger partial charge in [0.05, 0.1) is 0 Å². The van der Waals surface area contributed by atoms with Crippen LogP contribution in [0.4, 0.5) is 0 Å². The van der Waals surface area contributed by atoms with E-state index >= 15 is 0 Å². The minimum Gasteiger partial charge on any atom is -0.311 e. The van der Waals surface area contributed by atoms with Crippen molar-refractivity contribution < 1.29 is 4.79 Å². The summed E-state index contributed by atoms with van der Waals surface area (Å²) in [5.74, 6) is 0.764. The van der Waals surface area contributed by atoms with Crippen LogP contribution in [-0.2, 0) is 0 Å². The topological polar surface area (TPSA) is 42.0 Å². The summed E-state index contributed by atoms with van der Waals surface area (Å²) in [7, 11) is 0. The first-order valence-electron chi connectivity index (χ1n) is 6.51. The number of aromatic nitrogens is 1. The van der Waals surface area contributed by atoms with Gasteiger partial charge in [-0.2, -0.15) is 0 Å². The number of ketones is 1. The van der Waals surface area contributed by atoms with Crippen molar-refractivity contribution in [1.29, 1.82) is 0 Å². The highest BCUT2D eigenvalue weighted by molar-refractivity contribution is 5.94. The minimum atomic E-state index is 0.205. The molecule has 0 aliphatic carbocycles. The Morgan fingerprint density at radius 1 is 1.29 bits per heavy atom. The second-order valence-electron chi connectivity index (χ2n) is 5.32. The molecule has 0 saturated carbocycles. The monoisotopic (exact) mass is 230 g/mol. The van der Waals surface area contributed by atoms with E-state index in [9.17, 15) is 4.79 Å². The lowest BCUT2D eigenvalue weighted by Crippen LogP contribution is -2.38. The number of hydrogen-bond donors (Lipinski definition) is 1. The lowest BCUT2D eigenvalue weighted by molar-refractivity contribution is 0.0940. The van der Waals surface area contributed by atoms with Gasteiger partial charge in [-0.05, 0) is 43.7 Å². The Bertz CT molecular complexity index is 392. The Labute approximate surface area is 102 Å². The Balaban J connectivity index is 1.62. The number of fused-ring (bicyclic) bond motifs is 2. The quantitative estimate of drug-likeness (QED) is 0.809. The number of piperidine rings is 1. The maximum Gasteiger partial charge on any atom is 0.181 e. The van der Waals surface area contributed by atoms with Crippen LogP contribution in [0.25, 0.3) is 0 Å². The summed E-state index contributed by atoms with van der Waals surface area (Å²) in [6, 6.07) is 6.87. The SMILES string of the molecule is O=C(CC1C[C@H]2CC[C@@H](C1)N2)c1ccccn1. The largest absolute Gasteiger partial charge is 0.311 e. The summed E-state index contributed by atoms with van der Waals surface area (Å²) in [4.78, 5) is 16.2. The molecule has 2 saturated heterocycles. The van der Waals surface area contributed by atoms with E-state index in [2.05, 4.69) is 10.3 Å². The van der Waals surface area contributed by atoms with Crippen LogP contribution in [0.5, 0.6) is 0 Å². The molecule has 3 heterocycles. The standard InChI is InChI=1S/C14H18N2O/c17-14(13-3-1-2-6-15-13)9-10-7-11-4-5-12(8-10)16-11/h1-3,6,10-12,16H,4-5,7-9H2/t10?,11-,12+. The van der Waals surface area contributed by atoms with Crippen molar-refractivity contribution in [3.63, 3.8) is 0 Å². The molecule has 3 rings (SSSR count). The molecule has 0 radical (unpaired) electrons. The zero-order valence-corrected chi connectivity index (χ0v) is 9.93. The fourth-order valence-electron chi connectivity index (χ4n) is 3.24. The van der Waals surface area contributed by atoms with Crippen molar-refractivity contribution in [3.05, 3.63) is 30.1 Å². The van der Waals surface area contributed by atoms with Crippen LogP contribution >= 0.6 is 0 Å². The van der Waals surface area contributed by atoms with Crippen molar-refractivity contribution in [1.82, 2.24) is 10.3 Å². The molecule has 2 aliphatic rings. The molecular weight excluding hydrogens is 212 g/mol. The third-order valence-corrected chi connectivity index (χ3v) is 4.00. The number of carbonyl (C=O) groups is 1. The smallest absolute Gasteiger partial charge is 0.181 e. The molecule has 0 aromatic carbocycles. The number of carbonyl (C=O) groups excluding carboxylic acids is 1. The van der Waals surface area contributed by atoms with Crippen LogP contribution in [0.1, 0.15) is 42.6 Å². The fourth-order valence-corrected chi connectivity index (χ4v) is 3.24. The summed E-state index contributed by atoms with van der Waals surface area (Å²) in [5, 5.41) is 3.61. The highest BCUT2D eigenvalue weighted by atomic mass is 16.1. The van der Waals surface area contributed by atoms with E-state index in [1.54, 1.807) is 6.20 Å². The first-order chi connectivity index (χ1) is 8.31. The molecule has 3 heteroatoms. The molecule has 2 bridgehead atoms.